The van der Waals surface area contributed by atoms with Crippen LogP contribution in [0.15, 0.2) is 37.8 Å². The molecule has 0 atom stereocenters. The Labute approximate surface area is 163 Å². The number of hydrogen-bond donors (Lipinski definition) is 5. The quantitative estimate of drug-likeness (QED) is 0.161. The van der Waals surface area contributed by atoms with E-state index >= 15 is 0 Å². The smallest absolute Gasteiger partial charge is 0.274 e. The van der Waals surface area contributed by atoms with Gasteiger partial charge in [-0.2, -0.15) is 8.42 Å². The molecule has 8 N–H and O–H groups in total. The number of oxime groups is 1. The number of halogens is 2. The predicted octanol–water partition coefficient (Wildman–Crippen LogP) is 0.338. The average molecular weight is 464 g/mol. The van der Waals surface area contributed by atoms with Crippen LogP contribution < -0.4 is 21.3 Å². The van der Waals surface area contributed by atoms with E-state index in [-0.39, 0.29) is 40.4 Å². The van der Waals surface area contributed by atoms with E-state index in [4.69, 9.17) is 16.6 Å². The van der Waals surface area contributed by atoms with Gasteiger partial charge in [-0.15, -0.1) is 0 Å². The maximum atomic E-state index is 13.3. The lowest BCUT2D eigenvalue weighted by Gasteiger charge is -2.13. The van der Waals surface area contributed by atoms with E-state index < -0.39 is 16.0 Å². The second kappa shape index (κ2) is 8.29. The Kier molecular flexibility index (Phi) is 6.51. The standard InChI is InChI=1S/C14H19BrFN7O3S/c15-9-5-8(1-2-10(9)16)22-13(18)11(23-24)12(17)20-6-14(3-4-14)7-21-27(19,25)26/h1-2,5,21,24H,3-4,6-7H2,(H2,17,20)(H2,18,22)(H2,19,25,26)/b23-11+. The summed E-state index contributed by atoms with van der Waals surface area (Å²) in [5, 5.41) is 17.1. The second-order valence-electron chi connectivity index (χ2n) is 6.11. The lowest BCUT2D eigenvalue weighted by atomic mass is 10.1. The Morgan fingerprint density at radius 3 is 2.52 bits per heavy atom. The summed E-state index contributed by atoms with van der Waals surface area (Å²) in [5.74, 6) is -0.848. The van der Waals surface area contributed by atoms with E-state index in [1.165, 1.54) is 18.2 Å². The van der Waals surface area contributed by atoms with Crippen molar-refractivity contribution in [1.29, 1.82) is 0 Å². The number of rotatable bonds is 8. The normalized spacial score (nSPS) is 17.8. The van der Waals surface area contributed by atoms with Crippen molar-refractivity contribution in [3.05, 3.63) is 28.5 Å². The van der Waals surface area contributed by atoms with Gasteiger partial charge in [0.05, 0.1) is 10.2 Å². The molecule has 1 aromatic carbocycles. The van der Waals surface area contributed by atoms with Crippen LogP contribution in [0.4, 0.5) is 10.1 Å². The Morgan fingerprint density at radius 1 is 1.33 bits per heavy atom. The average Bonchev–Trinajstić information content (AvgIpc) is 3.35. The van der Waals surface area contributed by atoms with Crippen LogP contribution in [0.2, 0.25) is 0 Å². The molecule has 1 aromatic rings. The highest BCUT2D eigenvalue weighted by atomic mass is 79.9. The summed E-state index contributed by atoms with van der Waals surface area (Å²) < 4.78 is 37.7. The first-order chi connectivity index (χ1) is 12.6. The summed E-state index contributed by atoms with van der Waals surface area (Å²) in [7, 11) is -3.79. The molecule has 0 aromatic heterocycles. The molecule has 0 amide bonds. The van der Waals surface area contributed by atoms with Gasteiger partial charge in [-0.25, -0.2) is 19.2 Å². The first-order valence-corrected chi connectivity index (χ1v) is 9.98. The summed E-state index contributed by atoms with van der Waals surface area (Å²) in [6.45, 7) is 0.317. The van der Waals surface area contributed by atoms with E-state index in [1.54, 1.807) is 0 Å². The van der Waals surface area contributed by atoms with Crippen LogP contribution in [-0.4, -0.2) is 44.1 Å². The highest BCUT2D eigenvalue weighted by Crippen LogP contribution is 2.45. The molecule has 0 aliphatic heterocycles. The molecule has 0 saturated heterocycles. The molecule has 27 heavy (non-hydrogen) atoms. The van der Waals surface area contributed by atoms with Gasteiger partial charge in [0, 0.05) is 18.5 Å². The van der Waals surface area contributed by atoms with Crippen molar-refractivity contribution < 1.29 is 18.0 Å². The number of nitrogens with two attached hydrogens (primary N) is 3. The van der Waals surface area contributed by atoms with Crippen molar-refractivity contribution in [3.8, 4) is 0 Å². The lowest BCUT2D eigenvalue weighted by molar-refractivity contribution is 0.321. The van der Waals surface area contributed by atoms with Crippen LogP contribution >= 0.6 is 15.9 Å². The molecule has 2 rings (SSSR count). The molecule has 1 aliphatic rings. The predicted molar refractivity (Wildman–Crippen MR) is 104 cm³/mol. The zero-order chi connectivity index (χ0) is 20.2. The number of aliphatic imine (C=N–C) groups is 2. The molecular formula is C14H19BrFN7O3S. The van der Waals surface area contributed by atoms with Crippen LogP contribution in [0.5, 0.6) is 0 Å². The number of nitrogens with one attached hydrogen (secondary N) is 1. The SMILES string of the molecule is NC(=NCC1(CNS(N)(=O)=O)CC1)/C(=N\O)C(N)=Nc1ccc(F)c(Br)c1. The van der Waals surface area contributed by atoms with Crippen molar-refractivity contribution in [2.75, 3.05) is 13.1 Å². The van der Waals surface area contributed by atoms with Gasteiger partial charge in [0.1, 0.15) is 5.82 Å². The van der Waals surface area contributed by atoms with Crippen LogP contribution in [0.1, 0.15) is 12.8 Å². The fraction of sp³-hybridized carbons (Fsp3) is 0.357. The second-order valence-corrected chi connectivity index (χ2v) is 8.34. The number of benzene rings is 1. The summed E-state index contributed by atoms with van der Waals surface area (Å²) in [6.07, 6.45) is 1.48. The zero-order valence-electron chi connectivity index (χ0n) is 14.1. The molecule has 13 heteroatoms. The fourth-order valence-electron chi connectivity index (χ4n) is 2.13. The summed E-state index contributed by atoms with van der Waals surface area (Å²) in [4.78, 5) is 8.14. The first-order valence-electron chi connectivity index (χ1n) is 7.64. The van der Waals surface area contributed by atoms with Crippen molar-refractivity contribution in [2.45, 2.75) is 12.8 Å². The third-order valence-electron chi connectivity index (χ3n) is 3.93. The molecule has 0 unspecified atom stereocenters. The van der Waals surface area contributed by atoms with Gasteiger partial charge >= 0.3 is 0 Å². The molecule has 10 nitrogen and oxygen atoms in total. The largest absolute Gasteiger partial charge is 0.410 e. The molecule has 1 aliphatic carbocycles. The summed E-state index contributed by atoms with van der Waals surface area (Å²) >= 11 is 3.03. The van der Waals surface area contributed by atoms with Crippen molar-refractivity contribution >= 4 is 49.2 Å². The number of hydrogen-bond acceptors (Lipinski definition) is 6. The molecular weight excluding hydrogens is 445 g/mol. The molecule has 0 heterocycles. The van der Waals surface area contributed by atoms with Gasteiger partial charge < -0.3 is 16.7 Å². The third kappa shape index (κ3) is 6.23. The van der Waals surface area contributed by atoms with Crippen molar-refractivity contribution in [1.82, 2.24) is 4.72 Å². The minimum absolute atomic E-state index is 0.126. The number of nitrogens with zero attached hydrogens (tertiary/aromatic N) is 3. The van der Waals surface area contributed by atoms with Gasteiger partial charge in [-0.1, -0.05) is 5.16 Å². The molecule has 1 fully saturated rings. The Hall–Kier alpha value is -2.09. The van der Waals surface area contributed by atoms with E-state index in [1.807, 2.05) is 0 Å². The monoisotopic (exact) mass is 463 g/mol. The third-order valence-corrected chi connectivity index (χ3v) is 5.08. The summed E-state index contributed by atoms with van der Waals surface area (Å²) in [6, 6.07) is 3.97. The molecule has 0 bridgehead atoms. The van der Waals surface area contributed by atoms with E-state index in [0.717, 1.165) is 12.8 Å². The van der Waals surface area contributed by atoms with Crippen LogP contribution in [0.3, 0.4) is 0 Å². The topological polar surface area (TPSA) is 182 Å². The van der Waals surface area contributed by atoms with Gasteiger partial charge in [0.15, 0.2) is 17.4 Å². The molecule has 1 saturated carbocycles. The molecule has 0 spiro atoms. The van der Waals surface area contributed by atoms with Gasteiger partial charge in [0.25, 0.3) is 10.2 Å². The van der Waals surface area contributed by atoms with Crippen LogP contribution in [0, 0.1) is 11.2 Å². The van der Waals surface area contributed by atoms with E-state index in [9.17, 15) is 18.0 Å². The van der Waals surface area contributed by atoms with Gasteiger partial charge in [-0.3, -0.25) is 4.99 Å². The van der Waals surface area contributed by atoms with Crippen LogP contribution in [-0.2, 0) is 10.2 Å². The molecule has 148 valence electrons. The zero-order valence-corrected chi connectivity index (χ0v) is 16.5. The maximum absolute atomic E-state index is 13.3. The van der Waals surface area contributed by atoms with Crippen LogP contribution in [0.25, 0.3) is 0 Å². The summed E-state index contributed by atoms with van der Waals surface area (Å²) in [5.41, 5.74) is 11.3. The van der Waals surface area contributed by atoms with Gasteiger partial charge in [-0.05, 0) is 47.0 Å². The highest BCUT2D eigenvalue weighted by molar-refractivity contribution is 9.10. The Morgan fingerprint density at radius 2 is 2.00 bits per heavy atom. The number of amidine groups is 2. The van der Waals surface area contributed by atoms with E-state index in [2.05, 4.69) is 35.8 Å². The minimum Gasteiger partial charge on any atom is -0.410 e. The highest BCUT2D eigenvalue weighted by Gasteiger charge is 2.43. The molecule has 0 radical (unpaired) electrons. The van der Waals surface area contributed by atoms with Crippen molar-refractivity contribution in [3.63, 3.8) is 0 Å². The van der Waals surface area contributed by atoms with E-state index in [0.29, 0.717) is 5.69 Å². The Balaban J connectivity index is 2.10. The Bertz CT molecular complexity index is 913. The minimum atomic E-state index is -3.79. The van der Waals surface area contributed by atoms with Crippen molar-refractivity contribution in [2.24, 2.45) is 37.2 Å². The fourth-order valence-corrected chi connectivity index (χ4v) is 3.00. The first kappa shape index (κ1) is 21.2. The van der Waals surface area contributed by atoms with Gasteiger partial charge in [0.2, 0.25) is 0 Å². The lowest BCUT2D eigenvalue weighted by Crippen LogP contribution is -2.38. The maximum Gasteiger partial charge on any atom is 0.274 e.